The van der Waals surface area contributed by atoms with Crippen molar-refractivity contribution in [2.75, 3.05) is 7.11 Å². The minimum absolute atomic E-state index is 0.0222. The number of carbonyl (C=O) groups is 1. The molecular formula is C16H15NO5. The van der Waals surface area contributed by atoms with Gasteiger partial charge in [-0.3, -0.25) is 10.1 Å². The summed E-state index contributed by atoms with van der Waals surface area (Å²) in [5.74, 6) is 0.143. The second-order valence-corrected chi connectivity index (χ2v) is 4.63. The molecule has 1 atom stereocenters. The highest BCUT2D eigenvalue weighted by Crippen LogP contribution is 2.24. The summed E-state index contributed by atoms with van der Waals surface area (Å²) in [5, 5.41) is 10.8. The lowest BCUT2D eigenvalue weighted by Gasteiger charge is -2.15. The van der Waals surface area contributed by atoms with E-state index in [-0.39, 0.29) is 11.8 Å². The van der Waals surface area contributed by atoms with Crippen molar-refractivity contribution in [3.05, 3.63) is 69.8 Å². The number of nitrogens with zero attached hydrogens (tertiary/aromatic N) is 1. The van der Waals surface area contributed by atoms with Crippen molar-refractivity contribution in [3.63, 3.8) is 0 Å². The Bertz CT molecular complexity index is 681. The molecule has 0 aliphatic rings. The lowest BCUT2D eigenvalue weighted by molar-refractivity contribution is -0.385. The summed E-state index contributed by atoms with van der Waals surface area (Å²) in [5.41, 5.74) is 1.15. The highest BCUT2D eigenvalue weighted by Gasteiger charge is 2.13. The number of rotatable bonds is 5. The third-order valence-corrected chi connectivity index (χ3v) is 3.14. The highest BCUT2D eigenvalue weighted by molar-refractivity contribution is 5.89. The molecule has 2 aromatic rings. The number of hydrogen-bond acceptors (Lipinski definition) is 5. The van der Waals surface area contributed by atoms with Crippen LogP contribution in [0.4, 0.5) is 5.69 Å². The van der Waals surface area contributed by atoms with Gasteiger partial charge >= 0.3 is 5.97 Å². The molecule has 1 unspecified atom stereocenters. The summed E-state index contributed by atoms with van der Waals surface area (Å²) in [7, 11) is 1.32. The Morgan fingerprint density at radius 1 is 1.18 bits per heavy atom. The Hall–Kier alpha value is -2.89. The summed E-state index contributed by atoms with van der Waals surface area (Å²) >= 11 is 0. The van der Waals surface area contributed by atoms with Crippen LogP contribution in [-0.2, 0) is 4.74 Å². The van der Waals surface area contributed by atoms with E-state index in [1.807, 2.05) is 0 Å². The van der Waals surface area contributed by atoms with Gasteiger partial charge in [0.2, 0.25) is 0 Å². The lowest BCUT2D eigenvalue weighted by atomic mass is 10.1. The van der Waals surface area contributed by atoms with Crippen molar-refractivity contribution < 1.29 is 19.2 Å². The summed E-state index contributed by atoms with van der Waals surface area (Å²) < 4.78 is 10.3. The topological polar surface area (TPSA) is 78.7 Å². The van der Waals surface area contributed by atoms with Crippen LogP contribution in [-0.4, -0.2) is 18.0 Å². The predicted molar refractivity (Wildman–Crippen MR) is 79.9 cm³/mol. The molecule has 0 amide bonds. The van der Waals surface area contributed by atoms with Crippen LogP contribution in [0, 0.1) is 10.1 Å². The van der Waals surface area contributed by atoms with Gasteiger partial charge in [0.25, 0.3) is 5.69 Å². The Labute approximate surface area is 127 Å². The van der Waals surface area contributed by atoms with E-state index in [4.69, 9.17) is 4.74 Å². The first-order valence-electron chi connectivity index (χ1n) is 6.60. The van der Waals surface area contributed by atoms with Gasteiger partial charge in [0, 0.05) is 12.1 Å². The normalized spacial score (nSPS) is 11.5. The fourth-order valence-electron chi connectivity index (χ4n) is 1.95. The Morgan fingerprint density at radius 2 is 1.86 bits per heavy atom. The zero-order valence-corrected chi connectivity index (χ0v) is 12.2. The van der Waals surface area contributed by atoms with Crippen molar-refractivity contribution in [1.82, 2.24) is 0 Å². The van der Waals surface area contributed by atoms with E-state index in [1.165, 1.54) is 19.2 Å². The highest BCUT2D eigenvalue weighted by atomic mass is 16.6. The van der Waals surface area contributed by atoms with E-state index < -0.39 is 10.9 Å². The summed E-state index contributed by atoms with van der Waals surface area (Å²) in [4.78, 5) is 21.7. The van der Waals surface area contributed by atoms with Crippen molar-refractivity contribution in [1.29, 1.82) is 0 Å². The number of ether oxygens (including phenoxy) is 2. The van der Waals surface area contributed by atoms with E-state index in [0.717, 1.165) is 0 Å². The molecule has 6 nitrogen and oxygen atoms in total. The van der Waals surface area contributed by atoms with Crippen molar-refractivity contribution in [2.45, 2.75) is 13.0 Å². The van der Waals surface area contributed by atoms with E-state index in [0.29, 0.717) is 16.9 Å². The fraction of sp³-hybridized carbons (Fsp3) is 0.188. The number of nitro groups is 1. The van der Waals surface area contributed by atoms with Gasteiger partial charge in [-0.1, -0.05) is 12.1 Å². The lowest BCUT2D eigenvalue weighted by Crippen LogP contribution is -2.05. The minimum atomic E-state index is -0.443. The van der Waals surface area contributed by atoms with Crippen molar-refractivity contribution in [2.24, 2.45) is 0 Å². The van der Waals surface area contributed by atoms with Gasteiger partial charge in [-0.15, -0.1) is 0 Å². The molecular weight excluding hydrogens is 286 g/mol. The number of carbonyl (C=O) groups excluding carboxylic acids is 1. The van der Waals surface area contributed by atoms with E-state index >= 15 is 0 Å². The number of benzene rings is 2. The molecule has 22 heavy (non-hydrogen) atoms. The number of non-ortho nitro benzene ring substituents is 1. The molecule has 2 aromatic carbocycles. The van der Waals surface area contributed by atoms with Crippen LogP contribution < -0.4 is 4.74 Å². The molecule has 0 bridgehead atoms. The standard InChI is InChI=1S/C16H15NO5/c1-11(13-4-3-5-14(10-13)17(19)20)22-15-8-6-12(7-9-15)16(18)21-2/h3-11H,1-2H3. The predicted octanol–water partition coefficient (Wildman–Crippen LogP) is 3.52. The molecule has 2 rings (SSSR count). The SMILES string of the molecule is COC(=O)c1ccc(OC(C)c2cccc([N+](=O)[O-])c2)cc1. The molecule has 0 fully saturated rings. The Morgan fingerprint density at radius 3 is 2.45 bits per heavy atom. The van der Waals surface area contributed by atoms with Gasteiger partial charge in [0.15, 0.2) is 0 Å². The van der Waals surface area contributed by atoms with Crippen LogP contribution in [0.25, 0.3) is 0 Å². The number of nitro benzene ring substituents is 1. The largest absolute Gasteiger partial charge is 0.486 e. The van der Waals surface area contributed by atoms with Crippen LogP contribution in [0.1, 0.15) is 28.9 Å². The zero-order valence-electron chi connectivity index (χ0n) is 12.2. The summed E-state index contributed by atoms with van der Waals surface area (Å²) in [6.07, 6.45) is -0.358. The first-order chi connectivity index (χ1) is 10.5. The van der Waals surface area contributed by atoms with Gasteiger partial charge in [0.1, 0.15) is 11.9 Å². The van der Waals surface area contributed by atoms with Crippen LogP contribution in [0.15, 0.2) is 48.5 Å². The molecule has 114 valence electrons. The molecule has 0 spiro atoms. The second kappa shape index (κ2) is 6.71. The van der Waals surface area contributed by atoms with Crippen LogP contribution in [0.3, 0.4) is 0 Å². The molecule has 0 heterocycles. The molecule has 0 saturated carbocycles. The van der Waals surface area contributed by atoms with Crippen molar-refractivity contribution in [3.8, 4) is 5.75 Å². The van der Waals surface area contributed by atoms with E-state index in [1.54, 1.807) is 43.3 Å². The maximum absolute atomic E-state index is 11.3. The minimum Gasteiger partial charge on any atom is -0.486 e. The number of esters is 1. The molecule has 0 aromatic heterocycles. The molecule has 0 aliphatic heterocycles. The quantitative estimate of drug-likeness (QED) is 0.479. The maximum Gasteiger partial charge on any atom is 0.337 e. The zero-order chi connectivity index (χ0) is 16.1. The molecule has 0 N–H and O–H groups in total. The second-order valence-electron chi connectivity index (χ2n) is 4.63. The Kier molecular flexibility index (Phi) is 4.73. The third kappa shape index (κ3) is 3.60. The summed E-state index contributed by atoms with van der Waals surface area (Å²) in [6, 6.07) is 12.8. The van der Waals surface area contributed by atoms with Crippen LogP contribution in [0.2, 0.25) is 0 Å². The van der Waals surface area contributed by atoms with Gasteiger partial charge in [-0.25, -0.2) is 4.79 Å². The molecule has 6 heteroatoms. The third-order valence-electron chi connectivity index (χ3n) is 3.14. The summed E-state index contributed by atoms with van der Waals surface area (Å²) in [6.45, 7) is 1.80. The number of hydrogen-bond donors (Lipinski definition) is 0. The number of methoxy groups -OCH3 is 1. The first kappa shape index (κ1) is 15.5. The fourth-order valence-corrected chi connectivity index (χ4v) is 1.95. The average Bonchev–Trinajstić information content (AvgIpc) is 2.54. The Balaban J connectivity index is 2.11. The first-order valence-corrected chi connectivity index (χ1v) is 6.60. The molecule has 0 radical (unpaired) electrons. The van der Waals surface area contributed by atoms with Gasteiger partial charge in [-0.05, 0) is 36.8 Å². The van der Waals surface area contributed by atoms with E-state index in [9.17, 15) is 14.9 Å². The van der Waals surface area contributed by atoms with Crippen molar-refractivity contribution >= 4 is 11.7 Å². The smallest absolute Gasteiger partial charge is 0.337 e. The average molecular weight is 301 g/mol. The van der Waals surface area contributed by atoms with Crippen LogP contribution >= 0.6 is 0 Å². The van der Waals surface area contributed by atoms with Gasteiger partial charge < -0.3 is 9.47 Å². The van der Waals surface area contributed by atoms with Gasteiger partial charge in [-0.2, -0.15) is 0 Å². The van der Waals surface area contributed by atoms with Gasteiger partial charge in [0.05, 0.1) is 17.6 Å². The van der Waals surface area contributed by atoms with E-state index in [2.05, 4.69) is 4.74 Å². The monoisotopic (exact) mass is 301 g/mol. The molecule has 0 saturated heterocycles. The van der Waals surface area contributed by atoms with Crippen LogP contribution in [0.5, 0.6) is 5.75 Å². The maximum atomic E-state index is 11.3. The molecule has 0 aliphatic carbocycles.